The Morgan fingerprint density at radius 3 is 2.41 bits per heavy atom. The maximum absolute atomic E-state index is 14.7. The van der Waals surface area contributed by atoms with Gasteiger partial charge in [0.2, 0.25) is 23.6 Å². The number of ether oxygens (including phenoxy) is 3. The number of carbonyl (C=O) groups is 6. The molecule has 2 aromatic rings. The molecule has 1 saturated carbocycles. The minimum Gasteiger partial charge on any atom is -0.493 e. The van der Waals surface area contributed by atoms with E-state index in [1.54, 1.807) is 51.1 Å². The molecule has 2 aliphatic heterocycles. The highest BCUT2D eigenvalue weighted by molar-refractivity contribution is 5.94. The number of nitrogens with zero attached hydrogens (tertiary/aromatic N) is 1. The van der Waals surface area contributed by atoms with Gasteiger partial charge in [0.15, 0.2) is 12.1 Å². The Labute approximate surface area is 359 Å². The first-order chi connectivity index (χ1) is 28.9. The SMILES string of the molecule is CCCC(NC(=O)[C@@H]1C[C@@H]2CN1C(=O)[C@H](C1CCCCC1)NC(=O)Cc1cccc(c1)OCCC(C)(C)O2)C(O)C(=O)NCC(=O)N[C@H](C(=O)OC(C)(C)C)c1ccccc1. The van der Waals surface area contributed by atoms with Gasteiger partial charge >= 0.3 is 5.97 Å². The van der Waals surface area contributed by atoms with E-state index in [0.717, 1.165) is 37.7 Å². The monoisotopic (exact) mass is 847 g/mol. The maximum atomic E-state index is 14.7. The summed E-state index contributed by atoms with van der Waals surface area (Å²) in [6, 6.07) is 11.8. The third-order valence-corrected chi connectivity index (χ3v) is 11.4. The average Bonchev–Trinajstić information content (AvgIpc) is 3.63. The highest BCUT2D eigenvalue weighted by Gasteiger charge is 2.46. The second kappa shape index (κ2) is 21.2. The number of esters is 1. The molecule has 3 aliphatic rings. The van der Waals surface area contributed by atoms with Crippen molar-refractivity contribution in [3.63, 3.8) is 0 Å². The molecule has 2 unspecified atom stereocenters. The van der Waals surface area contributed by atoms with Gasteiger partial charge in [0.25, 0.3) is 5.91 Å². The molecule has 5 rings (SSSR count). The van der Waals surface area contributed by atoms with Crippen LogP contribution in [0.3, 0.4) is 0 Å². The minimum absolute atomic E-state index is 0.0481. The second-order valence-corrected chi connectivity index (χ2v) is 18.1. The summed E-state index contributed by atoms with van der Waals surface area (Å²) < 4.78 is 18.2. The van der Waals surface area contributed by atoms with Crippen LogP contribution in [0.4, 0.5) is 0 Å². The number of benzene rings is 2. The molecule has 2 heterocycles. The number of aliphatic hydroxyl groups excluding tert-OH is 1. The highest BCUT2D eigenvalue weighted by Crippen LogP contribution is 2.32. The molecule has 1 saturated heterocycles. The largest absolute Gasteiger partial charge is 0.493 e. The first kappa shape index (κ1) is 47.0. The third-order valence-electron chi connectivity index (χ3n) is 11.4. The van der Waals surface area contributed by atoms with E-state index in [0.29, 0.717) is 30.8 Å². The van der Waals surface area contributed by atoms with Crippen molar-refractivity contribution >= 4 is 35.5 Å². The van der Waals surface area contributed by atoms with Gasteiger partial charge in [0.1, 0.15) is 23.4 Å². The van der Waals surface area contributed by atoms with Gasteiger partial charge in [-0.05, 0) is 83.1 Å². The highest BCUT2D eigenvalue weighted by atomic mass is 16.6. The molecule has 6 atom stereocenters. The van der Waals surface area contributed by atoms with Gasteiger partial charge in [-0.25, -0.2) is 4.79 Å². The van der Waals surface area contributed by atoms with Crippen molar-refractivity contribution < 1.29 is 48.1 Å². The Morgan fingerprint density at radius 1 is 1.00 bits per heavy atom. The summed E-state index contributed by atoms with van der Waals surface area (Å²) in [4.78, 5) is 83.8. The van der Waals surface area contributed by atoms with Crippen molar-refractivity contribution in [1.82, 2.24) is 26.2 Å². The summed E-state index contributed by atoms with van der Waals surface area (Å²) in [6.45, 7) is 10.7. The number of carbonyl (C=O) groups excluding carboxylic acids is 6. The van der Waals surface area contributed by atoms with Gasteiger partial charge < -0.3 is 45.5 Å². The lowest BCUT2D eigenvalue weighted by atomic mass is 9.83. The number of hydrogen-bond donors (Lipinski definition) is 5. The fraction of sp³-hybridized carbons (Fsp3) is 0.609. The lowest BCUT2D eigenvalue weighted by Gasteiger charge is -2.35. The average molecular weight is 848 g/mol. The standard InChI is InChI=1S/C46H65N5O10/c1-7-15-34(40(54)42(56)47-27-37(53)50-39(31-19-12-9-13-20-31)44(58)61-45(2,3)4)48-41(55)35-26-33-28-51(35)43(57)38(30-17-10-8-11-18-30)49-36(52)25-29-16-14-21-32(24-29)59-23-22-46(5,6)60-33/h9,12-14,16,19-21,24,30,33-35,38-40,54H,7-8,10-11,15,17-18,22-23,25-28H2,1-6H3,(H,47,56)(H,48,55)(H,49,52)(H,50,53)/t33-,34?,35+,38+,39+,40?/m1/s1. The molecule has 5 amide bonds. The van der Waals surface area contributed by atoms with E-state index in [1.807, 2.05) is 45.0 Å². The normalized spacial score (nSPS) is 22.7. The van der Waals surface area contributed by atoms with Crippen LogP contribution in [0.2, 0.25) is 0 Å². The van der Waals surface area contributed by atoms with Gasteiger partial charge in [-0.2, -0.15) is 0 Å². The number of fused-ring (bicyclic) bond motifs is 4. The molecule has 15 nitrogen and oxygen atoms in total. The molecule has 4 bridgehead atoms. The van der Waals surface area contributed by atoms with Crippen molar-refractivity contribution in [1.29, 1.82) is 0 Å². The molecular formula is C46H65N5O10. The first-order valence-corrected chi connectivity index (χ1v) is 21.8. The van der Waals surface area contributed by atoms with E-state index >= 15 is 0 Å². The Bertz CT molecular complexity index is 1840. The fourth-order valence-corrected chi connectivity index (χ4v) is 8.33. The molecule has 334 valence electrons. The summed E-state index contributed by atoms with van der Waals surface area (Å²) in [7, 11) is 0. The number of aliphatic hydroxyl groups is 1. The fourth-order valence-electron chi connectivity index (χ4n) is 8.33. The predicted molar refractivity (Wildman–Crippen MR) is 227 cm³/mol. The summed E-state index contributed by atoms with van der Waals surface area (Å²) in [5, 5.41) is 22.3. The maximum Gasteiger partial charge on any atom is 0.333 e. The number of nitrogens with one attached hydrogen (secondary N) is 4. The number of hydrogen-bond acceptors (Lipinski definition) is 10. The van der Waals surface area contributed by atoms with Gasteiger partial charge in [0.05, 0.1) is 37.3 Å². The van der Waals surface area contributed by atoms with E-state index in [2.05, 4.69) is 21.3 Å². The van der Waals surface area contributed by atoms with Gasteiger partial charge in [-0.3, -0.25) is 24.0 Å². The van der Waals surface area contributed by atoms with E-state index in [1.165, 1.54) is 4.90 Å². The van der Waals surface area contributed by atoms with Crippen LogP contribution in [0.15, 0.2) is 54.6 Å². The van der Waals surface area contributed by atoms with Crippen LogP contribution >= 0.6 is 0 Å². The lowest BCUT2D eigenvalue weighted by Crippen LogP contribution is -2.58. The predicted octanol–water partition coefficient (Wildman–Crippen LogP) is 3.80. The van der Waals surface area contributed by atoms with Crippen molar-refractivity contribution in [2.75, 3.05) is 19.7 Å². The van der Waals surface area contributed by atoms with Crippen molar-refractivity contribution in [3.8, 4) is 5.75 Å². The number of rotatable bonds is 12. The molecule has 2 aromatic carbocycles. The van der Waals surface area contributed by atoms with Gasteiger partial charge in [-0.1, -0.05) is 75.1 Å². The molecule has 61 heavy (non-hydrogen) atoms. The van der Waals surface area contributed by atoms with Crippen LogP contribution in [-0.4, -0.2) is 107 Å². The minimum atomic E-state index is -1.76. The summed E-state index contributed by atoms with van der Waals surface area (Å²) in [5.41, 5.74) is -0.274. The Hall–Kier alpha value is -5.02. The van der Waals surface area contributed by atoms with Crippen LogP contribution in [0.1, 0.15) is 116 Å². The van der Waals surface area contributed by atoms with Crippen molar-refractivity contribution in [2.24, 2.45) is 5.92 Å². The molecule has 0 aromatic heterocycles. The first-order valence-electron chi connectivity index (χ1n) is 21.8. The van der Waals surface area contributed by atoms with E-state index in [9.17, 15) is 33.9 Å². The Balaban J connectivity index is 1.31. The molecule has 5 N–H and O–H groups in total. The van der Waals surface area contributed by atoms with Crippen LogP contribution in [-0.2, 0) is 44.7 Å². The molecule has 2 fully saturated rings. The number of amides is 5. The Morgan fingerprint density at radius 2 is 1.72 bits per heavy atom. The molecule has 0 spiro atoms. The zero-order chi connectivity index (χ0) is 44.3. The quantitative estimate of drug-likeness (QED) is 0.196. The van der Waals surface area contributed by atoms with Crippen LogP contribution < -0.4 is 26.0 Å². The van der Waals surface area contributed by atoms with Crippen molar-refractivity contribution in [3.05, 3.63) is 65.7 Å². The third kappa shape index (κ3) is 13.7. The summed E-state index contributed by atoms with van der Waals surface area (Å²) >= 11 is 0. The molecule has 15 heteroatoms. The Kier molecular flexibility index (Phi) is 16.3. The second-order valence-electron chi connectivity index (χ2n) is 18.1. The van der Waals surface area contributed by atoms with Gasteiger partial charge in [-0.15, -0.1) is 0 Å². The zero-order valence-corrected chi connectivity index (χ0v) is 36.5. The summed E-state index contributed by atoms with van der Waals surface area (Å²) in [6.07, 6.45) is 3.49. The molecular weight excluding hydrogens is 783 g/mol. The molecule has 1 aliphatic carbocycles. The van der Waals surface area contributed by atoms with Crippen LogP contribution in [0.25, 0.3) is 0 Å². The smallest absolute Gasteiger partial charge is 0.333 e. The summed E-state index contributed by atoms with van der Waals surface area (Å²) in [5.74, 6) is -3.04. The van der Waals surface area contributed by atoms with E-state index in [-0.39, 0.29) is 43.5 Å². The van der Waals surface area contributed by atoms with Gasteiger partial charge in [0, 0.05) is 19.4 Å². The van der Waals surface area contributed by atoms with E-state index < -0.39 is 77.8 Å². The van der Waals surface area contributed by atoms with Crippen LogP contribution in [0.5, 0.6) is 5.75 Å². The van der Waals surface area contributed by atoms with E-state index in [4.69, 9.17) is 14.2 Å². The lowest BCUT2D eigenvalue weighted by molar-refractivity contribution is -0.158. The molecule has 0 radical (unpaired) electrons. The zero-order valence-electron chi connectivity index (χ0n) is 36.5. The van der Waals surface area contributed by atoms with Crippen molar-refractivity contribution in [2.45, 2.75) is 153 Å². The topological polar surface area (TPSA) is 202 Å². The van der Waals surface area contributed by atoms with Crippen LogP contribution in [0, 0.1) is 5.92 Å².